The van der Waals surface area contributed by atoms with Gasteiger partial charge >= 0.3 is 0 Å². The van der Waals surface area contributed by atoms with Crippen molar-refractivity contribution in [1.29, 1.82) is 0 Å². The smallest absolute Gasteiger partial charge is 0.243 e. The molecule has 0 amide bonds. The molecule has 19 heavy (non-hydrogen) atoms. The largest absolute Gasteiger partial charge is 0.399 e. The molecule has 1 heterocycles. The number of thiazole rings is 1. The molecule has 5 nitrogen and oxygen atoms in total. The van der Waals surface area contributed by atoms with E-state index in [1.54, 1.807) is 10.9 Å². The molecule has 2 aromatic rings. The van der Waals surface area contributed by atoms with Gasteiger partial charge in [-0.3, -0.25) is 0 Å². The van der Waals surface area contributed by atoms with Crippen LogP contribution in [-0.4, -0.2) is 24.8 Å². The van der Waals surface area contributed by atoms with Gasteiger partial charge in [0.05, 0.1) is 22.6 Å². The summed E-state index contributed by atoms with van der Waals surface area (Å²) in [4.78, 5) is 3.85. The molecule has 1 aromatic heterocycles. The number of anilines is 1. The van der Waals surface area contributed by atoms with Crippen molar-refractivity contribution < 1.29 is 12.8 Å². The van der Waals surface area contributed by atoms with Crippen LogP contribution >= 0.6 is 11.3 Å². The molecule has 0 spiro atoms. The first-order valence-corrected chi connectivity index (χ1v) is 7.67. The number of nitrogen functional groups attached to an aromatic ring is 1. The number of rotatable bonds is 4. The second kappa shape index (κ2) is 5.24. The van der Waals surface area contributed by atoms with Crippen LogP contribution in [0.3, 0.4) is 0 Å². The van der Waals surface area contributed by atoms with Crippen LogP contribution in [0.4, 0.5) is 10.1 Å². The molecule has 0 aliphatic heterocycles. The quantitative estimate of drug-likeness (QED) is 0.872. The Labute approximate surface area is 114 Å². The molecule has 0 aliphatic carbocycles. The van der Waals surface area contributed by atoms with Crippen molar-refractivity contribution in [1.82, 2.24) is 9.29 Å². The van der Waals surface area contributed by atoms with E-state index in [-0.39, 0.29) is 17.1 Å². The second-order valence-electron chi connectivity index (χ2n) is 3.96. The molecular weight excluding hydrogens is 289 g/mol. The summed E-state index contributed by atoms with van der Waals surface area (Å²) in [7, 11) is -2.37. The number of aromatic nitrogens is 1. The number of sulfonamides is 1. The molecule has 102 valence electrons. The van der Waals surface area contributed by atoms with Gasteiger partial charge in [0.25, 0.3) is 0 Å². The number of hydrogen-bond donors (Lipinski definition) is 1. The molecular formula is C11H12FN3O2S2. The first kappa shape index (κ1) is 13.9. The van der Waals surface area contributed by atoms with E-state index in [2.05, 4.69) is 4.98 Å². The lowest BCUT2D eigenvalue weighted by molar-refractivity contribution is 0.462. The standard InChI is InChI=1S/C11H12FN3O2S2/c1-15(5-10-6-18-7-14-10)19(16,17)11-3-8(12)2-9(13)4-11/h2-4,6-7H,5,13H2,1H3. The predicted molar refractivity (Wildman–Crippen MR) is 71.6 cm³/mol. The van der Waals surface area contributed by atoms with Crippen molar-refractivity contribution in [2.45, 2.75) is 11.4 Å². The van der Waals surface area contributed by atoms with Crippen molar-refractivity contribution >= 4 is 27.0 Å². The molecule has 0 saturated heterocycles. The van der Waals surface area contributed by atoms with Crippen LogP contribution in [-0.2, 0) is 16.6 Å². The lowest BCUT2D eigenvalue weighted by atomic mass is 10.3. The highest BCUT2D eigenvalue weighted by atomic mass is 32.2. The highest BCUT2D eigenvalue weighted by Crippen LogP contribution is 2.20. The van der Waals surface area contributed by atoms with E-state index in [0.717, 1.165) is 16.4 Å². The van der Waals surface area contributed by atoms with E-state index < -0.39 is 15.8 Å². The van der Waals surface area contributed by atoms with Gasteiger partial charge in [-0.15, -0.1) is 11.3 Å². The first-order chi connectivity index (χ1) is 8.89. The first-order valence-electron chi connectivity index (χ1n) is 5.29. The zero-order valence-corrected chi connectivity index (χ0v) is 11.7. The van der Waals surface area contributed by atoms with Gasteiger partial charge in [0.15, 0.2) is 0 Å². The van der Waals surface area contributed by atoms with Gasteiger partial charge in [-0.25, -0.2) is 17.8 Å². The molecule has 0 atom stereocenters. The minimum atomic E-state index is -3.78. The maximum atomic E-state index is 13.2. The molecule has 2 N–H and O–H groups in total. The lowest BCUT2D eigenvalue weighted by Crippen LogP contribution is -2.26. The Balaban J connectivity index is 2.31. The van der Waals surface area contributed by atoms with E-state index in [1.807, 2.05) is 0 Å². The van der Waals surface area contributed by atoms with Gasteiger partial charge in [0.1, 0.15) is 5.82 Å². The van der Waals surface area contributed by atoms with Gasteiger partial charge in [0, 0.05) is 18.1 Å². The van der Waals surface area contributed by atoms with Gasteiger partial charge < -0.3 is 5.73 Å². The zero-order valence-electron chi connectivity index (χ0n) is 10.1. The average molecular weight is 301 g/mol. The monoisotopic (exact) mass is 301 g/mol. The summed E-state index contributed by atoms with van der Waals surface area (Å²) < 4.78 is 38.8. The molecule has 0 saturated carbocycles. The van der Waals surface area contributed by atoms with E-state index in [9.17, 15) is 12.8 Å². The zero-order chi connectivity index (χ0) is 14.0. The molecule has 0 fully saturated rings. The van der Waals surface area contributed by atoms with Crippen molar-refractivity contribution in [3.05, 3.63) is 40.6 Å². The highest BCUT2D eigenvalue weighted by Gasteiger charge is 2.22. The third kappa shape index (κ3) is 3.09. The van der Waals surface area contributed by atoms with Crippen LogP contribution < -0.4 is 5.73 Å². The van der Waals surface area contributed by atoms with Gasteiger partial charge in [-0.05, 0) is 18.2 Å². The van der Waals surface area contributed by atoms with E-state index in [1.165, 1.54) is 24.5 Å². The minimum Gasteiger partial charge on any atom is -0.399 e. The summed E-state index contributed by atoms with van der Waals surface area (Å²) in [5, 5.41) is 1.76. The summed E-state index contributed by atoms with van der Waals surface area (Å²) in [6.07, 6.45) is 0. The fourth-order valence-electron chi connectivity index (χ4n) is 1.54. The van der Waals surface area contributed by atoms with E-state index >= 15 is 0 Å². The van der Waals surface area contributed by atoms with Crippen molar-refractivity contribution in [2.24, 2.45) is 0 Å². The summed E-state index contributed by atoms with van der Waals surface area (Å²) in [6.45, 7) is 0.127. The average Bonchev–Trinajstić information content (AvgIpc) is 2.80. The van der Waals surface area contributed by atoms with Crippen molar-refractivity contribution in [3.8, 4) is 0 Å². The molecule has 2 rings (SSSR count). The Morgan fingerprint density at radius 2 is 2.16 bits per heavy atom. The Morgan fingerprint density at radius 3 is 2.74 bits per heavy atom. The number of benzene rings is 1. The highest BCUT2D eigenvalue weighted by molar-refractivity contribution is 7.89. The normalized spacial score (nSPS) is 11.9. The van der Waals surface area contributed by atoms with Crippen molar-refractivity contribution in [3.63, 3.8) is 0 Å². The second-order valence-corrected chi connectivity index (χ2v) is 6.72. The minimum absolute atomic E-state index is 0.0700. The van der Waals surface area contributed by atoms with Crippen LogP contribution in [0.15, 0.2) is 34.0 Å². The Morgan fingerprint density at radius 1 is 1.42 bits per heavy atom. The number of nitrogens with two attached hydrogens (primary N) is 1. The fraction of sp³-hybridized carbons (Fsp3) is 0.182. The SMILES string of the molecule is CN(Cc1cscn1)S(=O)(=O)c1cc(N)cc(F)c1. The molecule has 1 aromatic carbocycles. The number of halogens is 1. The summed E-state index contributed by atoms with van der Waals surface area (Å²) in [6, 6.07) is 3.25. The Kier molecular flexibility index (Phi) is 3.83. The third-order valence-electron chi connectivity index (χ3n) is 2.47. The number of hydrogen-bond acceptors (Lipinski definition) is 5. The predicted octanol–water partition coefficient (Wildman–Crippen LogP) is 1.69. The summed E-state index contributed by atoms with van der Waals surface area (Å²) in [5.74, 6) is -0.680. The van der Waals surface area contributed by atoms with Gasteiger partial charge in [-0.1, -0.05) is 0 Å². The molecule has 0 radical (unpaired) electrons. The summed E-state index contributed by atoms with van der Waals surface area (Å²) in [5.41, 5.74) is 7.79. The van der Waals surface area contributed by atoms with Gasteiger partial charge in [0.2, 0.25) is 10.0 Å². The van der Waals surface area contributed by atoms with Crippen LogP contribution in [0.2, 0.25) is 0 Å². The van der Waals surface area contributed by atoms with Crippen LogP contribution in [0.1, 0.15) is 5.69 Å². The topological polar surface area (TPSA) is 76.3 Å². The fourth-order valence-corrected chi connectivity index (χ4v) is 3.30. The maximum Gasteiger partial charge on any atom is 0.243 e. The Hall–Kier alpha value is -1.51. The third-order valence-corrected chi connectivity index (χ3v) is 4.89. The number of nitrogens with zero attached hydrogens (tertiary/aromatic N) is 2. The maximum absolute atomic E-state index is 13.2. The molecule has 0 unspecified atom stereocenters. The van der Waals surface area contributed by atoms with Gasteiger partial charge in [-0.2, -0.15) is 4.31 Å². The van der Waals surface area contributed by atoms with Crippen molar-refractivity contribution in [2.75, 3.05) is 12.8 Å². The Bertz CT molecular complexity index is 651. The molecule has 8 heteroatoms. The molecule has 0 aliphatic rings. The van der Waals surface area contributed by atoms with E-state index in [4.69, 9.17) is 5.73 Å². The molecule has 0 bridgehead atoms. The van der Waals surface area contributed by atoms with Crippen LogP contribution in [0.5, 0.6) is 0 Å². The lowest BCUT2D eigenvalue weighted by Gasteiger charge is -2.16. The summed E-state index contributed by atoms with van der Waals surface area (Å²) >= 11 is 1.38. The van der Waals surface area contributed by atoms with Crippen LogP contribution in [0, 0.1) is 5.82 Å². The van der Waals surface area contributed by atoms with Crippen LogP contribution in [0.25, 0.3) is 0 Å². The van der Waals surface area contributed by atoms with E-state index in [0.29, 0.717) is 5.69 Å².